The maximum atomic E-state index is 10.9. The van der Waals surface area contributed by atoms with Crippen molar-refractivity contribution in [3.05, 3.63) is 44.9 Å². The fraction of sp³-hybridized carbons (Fsp3) is 0.273. The molecule has 19 heavy (non-hydrogen) atoms. The van der Waals surface area contributed by atoms with Crippen LogP contribution in [0, 0.1) is 10.1 Å². The molecule has 100 valence electrons. The van der Waals surface area contributed by atoms with E-state index in [9.17, 15) is 10.1 Å². The van der Waals surface area contributed by atoms with Crippen LogP contribution in [0.15, 0.2) is 29.0 Å². The van der Waals surface area contributed by atoms with Crippen LogP contribution in [-0.2, 0) is 13.5 Å². The molecule has 2 aromatic rings. The zero-order chi connectivity index (χ0) is 13.8. The summed E-state index contributed by atoms with van der Waals surface area (Å²) in [7, 11) is 1.86. The lowest BCUT2D eigenvalue weighted by atomic mass is 10.2. The van der Waals surface area contributed by atoms with Gasteiger partial charge in [0.25, 0.3) is 5.69 Å². The highest BCUT2D eigenvalue weighted by Crippen LogP contribution is 2.27. The topological polar surface area (TPSA) is 85.9 Å². The average Bonchev–Trinajstić information content (AvgIpc) is 2.75. The van der Waals surface area contributed by atoms with E-state index in [0.29, 0.717) is 18.7 Å². The minimum absolute atomic E-state index is 0.0566. The lowest BCUT2D eigenvalue weighted by Gasteiger charge is -2.07. The van der Waals surface area contributed by atoms with Gasteiger partial charge >= 0.3 is 0 Å². The van der Waals surface area contributed by atoms with E-state index in [1.165, 1.54) is 6.07 Å². The van der Waals surface area contributed by atoms with Gasteiger partial charge in [0.05, 0.1) is 4.92 Å². The summed E-state index contributed by atoms with van der Waals surface area (Å²) in [6, 6.07) is 4.80. The Bertz CT molecular complexity index is 599. The van der Waals surface area contributed by atoms with Gasteiger partial charge in [-0.15, -0.1) is 10.2 Å². The number of nitrogens with one attached hydrogen (secondary N) is 1. The molecule has 0 aliphatic carbocycles. The Morgan fingerprint density at radius 2 is 2.32 bits per heavy atom. The van der Waals surface area contributed by atoms with E-state index in [1.807, 2.05) is 11.6 Å². The number of rotatable bonds is 5. The second-order valence-corrected chi connectivity index (χ2v) is 4.87. The molecule has 0 atom stereocenters. The molecule has 0 unspecified atom stereocenters. The molecule has 1 aromatic heterocycles. The van der Waals surface area contributed by atoms with Gasteiger partial charge in [0.1, 0.15) is 17.8 Å². The number of aryl methyl sites for hydroxylation is 1. The molecule has 0 spiro atoms. The van der Waals surface area contributed by atoms with E-state index in [-0.39, 0.29) is 5.69 Å². The number of halogens is 1. The summed E-state index contributed by atoms with van der Waals surface area (Å²) in [6.45, 7) is 0.545. The summed E-state index contributed by atoms with van der Waals surface area (Å²) in [4.78, 5) is 10.5. The van der Waals surface area contributed by atoms with Crippen LogP contribution < -0.4 is 5.32 Å². The molecule has 1 aromatic carbocycles. The van der Waals surface area contributed by atoms with Crippen LogP contribution in [0.1, 0.15) is 5.82 Å². The van der Waals surface area contributed by atoms with Crippen molar-refractivity contribution in [2.75, 3.05) is 11.9 Å². The van der Waals surface area contributed by atoms with Crippen molar-refractivity contribution in [2.45, 2.75) is 6.42 Å². The first kappa shape index (κ1) is 13.5. The molecule has 0 bridgehead atoms. The van der Waals surface area contributed by atoms with Gasteiger partial charge < -0.3 is 9.88 Å². The summed E-state index contributed by atoms with van der Waals surface area (Å²) in [5.74, 6) is 0.824. The van der Waals surface area contributed by atoms with Crippen molar-refractivity contribution < 1.29 is 4.92 Å². The number of nitrogens with zero attached hydrogens (tertiary/aromatic N) is 4. The van der Waals surface area contributed by atoms with Crippen LogP contribution in [0.5, 0.6) is 0 Å². The van der Waals surface area contributed by atoms with Gasteiger partial charge in [-0.25, -0.2) is 0 Å². The molecule has 1 N–H and O–H groups in total. The zero-order valence-electron chi connectivity index (χ0n) is 10.2. The van der Waals surface area contributed by atoms with Gasteiger partial charge in [-0.3, -0.25) is 10.1 Å². The lowest BCUT2D eigenvalue weighted by Crippen LogP contribution is -2.09. The van der Waals surface area contributed by atoms with Crippen molar-refractivity contribution in [1.82, 2.24) is 14.8 Å². The standard InChI is InChI=1S/C11H12BrN5O2/c1-16-7-14-15-11(16)4-5-13-9-6-8(12)2-3-10(9)17(18)19/h2-3,6-7,13H,4-5H2,1H3. The fourth-order valence-electron chi connectivity index (χ4n) is 1.65. The Morgan fingerprint density at radius 1 is 1.53 bits per heavy atom. The second kappa shape index (κ2) is 5.79. The number of nitro groups is 1. The van der Waals surface area contributed by atoms with Crippen LogP contribution in [0.4, 0.5) is 11.4 Å². The van der Waals surface area contributed by atoms with Crippen LogP contribution in [0.3, 0.4) is 0 Å². The first-order chi connectivity index (χ1) is 9.08. The fourth-order valence-corrected chi connectivity index (χ4v) is 2.01. The summed E-state index contributed by atoms with van der Waals surface area (Å²) in [5.41, 5.74) is 0.544. The number of anilines is 1. The molecule has 8 heteroatoms. The Kier molecular flexibility index (Phi) is 4.10. The highest BCUT2D eigenvalue weighted by molar-refractivity contribution is 9.10. The molecule has 0 aliphatic heterocycles. The number of hydrogen-bond donors (Lipinski definition) is 1. The van der Waals surface area contributed by atoms with Gasteiger partial charge in [0, 0.05) is 30.6 Å². The van der Waals surface area contributed by atoms with E-state index in [4.69, 9.17) is 0 Å². The van der Waals surface area contributed by atoms with Crippen molar-refractivity contribution in [2.24, 2.45) is 7.05 Å². The summed E-state index contributed by atoms with van der Waals surface area (Å²) < 4.78 is 2.61. The van der Waals surface area contributed by atoms with Gasteiger partial charge in [0.2, 0.25) is 0 Å². The van der Waals surface area contributed by atoms with E-state index < -0.39 is 4.92 Å². The minimum Gasteiger partial charge on any atom is -0.379 e. The second-order valence-electron chi connectivity index (χ2n) is 3.95. The number of hydrogen-bond acceptors (Lipinski definition) is 5. The minimum atomic E-state index is -0.406. The van der Waals surface area contributed by atoms with Gasteiger partial charge in [-0.05, 0) is 12.1 Å². The van der Waals surface area contributed by atoms with Crippen LogP contribution in [-0.4, -0.2) is 26.2 Å². The van der Waals surface area contributed by atoms with Gasteiger partial charge in [0.15, 0.2) is 0 Å². The molecule has 1 heterocycles. The number of aromatic nitrogens is 3. The monoisotopic (exact) mass is 325 g/mol. The van der Waals surface area contributed by atoms with E-state index >= 15 is 0 Å². The normalized spacial score (nSPS) is 10.4. The molecule has 2 rings (SSSR count). The number of nitro benzene ring substituents is 1. The van der Waals surface area contributed by atoms with Crippen molar-refractivity contribution >= 4 is 27.3 Å². The maximum absolute atomic E-state index is 10.9. The van der Waals surface area contributed by atoms with Crippen LogP contribution in [0.2, 0.25) is 0 Å². The quantitative estimate of drug-likeness (QED) is 0.672. The lowest BCUT2D eigenvalue weighted by molar-refractivity contribution is -0.384. The summed E-state index contributed by atoms with van der Waals surface area (Å²) >= 11 is 3.30. The molecular weight excluding hydrogens is 314 g/mol. The molecule has 0 saturated carbocycles. The van der Waals surface area contributed by atoms with Crippen molar-refractivity contribution in [1.29, 1.82) is 0 Å². The predicted molar refractivity (Wildman–Crippen MR) is 74.0 cm³/mol. The summed E-state index contributed by atoms with van der Waals surface area (Å²) in [6.07, 6.45) is 2.26. The Hall–Kier alpha value is -1.96. The third kappa shape index (κ3) is 3.28. The smallest absolute Gasteiger partial charge is 0.292 e. The molecule has 0 saturated heterocycles. The number of benzene rings is 1. The molecular formula is C11H12BrN5O2. The maximum Gasteiger partial charge on any atom is 0.292 e. The first-order valence-electron chi connectivity index (χ1n) is 5.58. The van der Waals surface area contributed by atoms with Gasteiger partial charge in [-0.2, -0.15) is 0 Å². The molecule has 7 nitrogen and oxygen atoms in total. The average molecular weight is 326 g/mol. The van der Waals surface area contributed by atoms with E-state index in [2.05, 4.69) is 31.4 Å². The summed E-state index contributed by atoms with van der Waals surface area (Å²) in [5, 5.41) is 21.7. The van der Waals surface area contributed by atoms with E-state index in [0.717, 1.165) is 10.3 Å². The Morgan fingerprint density at radius 3 is 2.95 bits per heavy atom. The largest absolute Gasteiger partial charge is 0.379 e. The van der Waals surface area contributed by atoms with Crippen LogP contribution >= 0.6 is 15.9 Å². The highest BCUT2D eigenvalue weighted by Gasteiger charge is 2.13. The third-order valence-electron chi connectivity index (χ3n) is 2.62. The van der Waals surface area contributed by atoms with E-state index in [1.54, 1.807) is 18.5 Å². The third-order valence-corrected chi connectivity index (χ3v) is 3.12. The Labute approximate surface area is 117 Å². The van der Waals surface area contributed by atoms with Crippen molar-refractivity contribution in [3.8, 4) is 0 Å². The van der Waals surface area contributed by atoms with Crippen molar-refractivity contribution in [3.63, 3.8) is 0 Å². The van der Waals surface area contributed by atoms with Crippen LogP contribution in [0.25, 0.3) is 0 Å². The highest BCUT2D eigenvalue weighted by atomic mass is 79.9. The Balaban J connectivity index is 2.05. The zero-order valence-corrected chi connectivity index (χ0v) is 11.8. The molecule has 0 amide bonds. The first-order valence-corrected chi connectivity index (χ1v) is 6.38. The molecule has 0 fully saturated rings. The SMILES string of the molecule is Cn1cnnc1CCNc1cc(Br)ccc1[N+](=O)[O-]. The molecule has 0 radical (unpaired) electrons. The van der Waals surface area contributed by atoms with Gasteiger partial charge in [-0.1, -0.05) is 15.9 Å². The molecule has 0 aliphatic rings. The predicted octanol–water partition coefficient (Wildman–Crippen LogP) is 2.14.